The third kappa shape index (κ3) is 3.14. The lowest BCUT2D eigenvalue weighted by atomic mass is 10.1. The summed E-state index contributed by atoms with van der Waals surface area (Å²) in [5, 5.41) is 13.4. The molecule has 1 aromatic carbocycles. The zero-order valence-electron chi connectivity index (χ0n) is 15.5. The predicted molar refractivity (Wildman–Crippen MR) is 97.2 cm³/mol. The van der Waals surface area contributed by atoms with E-state index in [2.05, 4.69) is 0 Å². The molecule has 2 aliphatic heterocycles. The number of anilines is 1. The van der Waals surface area contributed by atoms with Crippen molar-refractivity contribution < 1.29 is 19.4 Å². The molecule has 2 aliphatic rings. The number of hydrogen-bond acceptors (Lipinski definition) is 4. The molecule has 0 saturated carbocycles. The van der Waals surface area contributed by atoms with Gasteiger partial charge in [-0.3, -0.25) is 4.90 Å². The molecule has 0 radical (unpaired) electrons. The number of aliphatic hydroxyl groups is 1. The number of ether oxygens (including phenoxy) is 1. The van der Waals surface area contributed by atoms with E-state index in [-0.39, 0.29) is 6.04 Å². The van der Waals surface area contributed by atoms with Crippen molar-refractivity contribution in [1.29, 1.82) is 0 Å². The summed E-state index contributed by atoms with van der Waals surface area (Å²) in [5.74, 6) is 0. The topological polar surface area (TPSA) is 73.3 Å². The van der Waals surface area contributed by atoms with E-state index < -0.39 is 30.0 Å². The van der Waals surface area contributed by atoms with Crippen LogP contribution in [-0.2, 0) is 4.74 Å². The number of nitrogens with zero attached hydrogens (tertiary/aromatic N) is 3. The van der Waals surface area contributed by atoms with Crippen LogP contribution in [0.25, 0.3) is 0 Å². The molecule has 1 saturated heterocycles. The minimum Gasteiger partial charge on any atom is -0.442 e. The Hall–Kier alpha value is -2.54. The predicted octanol–water partition coefficient (Wildman–Crippen LogP) is 3.12. The number of benzene rings is 1. The van der Waals surface area contributed by atoms with Gasteiger partial charge in [-0.1, -0.05) is 37.3 Å². The first-order valence-corrected chi connectivity index (χ1v) is 8.80. The van der Waals surface area contributed by atoms with Crippen LogP contribution in [0.15, 0.2) is 42.5 Å². The number of amides is 3. The molecule has 0 aliphatic carbocycles. The van der Waals surface area contributed by atoms with E-state index in [4.69, 9.17) is 4.74 Å². The van der Waals surface area contributed by atoms with Crippen molar-refractivity contribution in [3.05, 3.63) is 42.5 Å². The Balaban J connectivity index is 1.97. The highest BCUT2D eigenvalue weighted by Gasteiger charge is 2.52. The Bertz CT molecular complexity index is 713. The van der Waals surface area contributed by atoms with Gasteiger partial charge in [0.05, 0.1) is 6.04 Å². The maximum absolute atomic E-state index is 13.1. The SMILES string of the molecule is CCC1C=CC2C(O)N(c3ccccc3)C(=O)N2N1C(=O)OC(C)(C)C. The third-order valence-electron chi connectivity index (χ3n) is 4.36. The summed E-state index contributed by atoms with van der Waals surface area (Å²) in [5.41, 5.74) is -0.114. The monoisotopic (exact) mass is 359 g/mol. The van der Waals surface area contributed by atoms with Crippen molar-refractivity contribution in [3.63, 3.8) is 0 Å². The van der Waals surface area contributed by atoms with Crippen LogP contribution >= 0.6 is 0 Å². The van der Waals surface area contributed by atoms with Crippen molar-refractivity contribution in [3.8, 4) is 0 Å². The summed E-state index contributed by atoms with van der Waals surface area (Å²) in [4.78, 5) is 27.2. The van der Waals surface area contributed by atoms with E-state index in [0.717, 1.165) is 0 Å². The van der Waals surface area contributed by atoms with Crippen LogP contribution in [0.1, 0.15) is 34.1 Å². The molecule has 1 N–H and O–H groups in total. The Labute approximate surface area is 153 Å². The fraction of sp³-hybridized carbons (Fsp3) is 0.474. The number of carbonyl (C=O) groups is 2. The van der Waals surface area contributed by atoms with Gasteiger partial charge in [0, 0.05) is 5.69 Å². The van der Waals surface area contributed by atoms with Gasteiger partial charge in [0.1, 0.15) is 11.6 Å². The van der Waals surface area contributed by atoms with Gasteiger partial charge in [-0.15, -0.1) is 0 Å². The summed E-state index contributed by atoms with van der Waals surface area (Å²) >= 11 is 0. The first-order chi connectivity index (χ1) is 12.2. The standard InChI is InChI=1S/C19H25N3O4/c1-5-13-11-12-15-16(23)20(14-9-7-6-8-10-14)17(24)22(15)21(13)18(25)26-19(2,3)4/h6-13,15-16,23H,5H2,1-4H3. The summed E-state index contributed by atoms with van der Waals surface area (Å²) in [6, 6.07) is 7.50. The lowest BCUT2D eigenvalue weighted by Gasteiger charge is -2.41. The minimum absolute atomic E-state index is 0.312. The molecule has 2 heterocycles. The van der Waals surface area contributed by atoms with Gasteiger partial charge >= 0.3 is 12.1 Å². The highest BCUT2D eigenvalue weighted by atomic mass is 16.6. The molecule has 140 valence electrons. The average molecular weight is 359 g/mol. The number of aliphatic hydroxyl groups excluding tert-OH is 1. The number of fused-ring (bicyclic) bond motifs is 1. The van der Waals surface area contributed by atoms with Crippen LogP contribution in [0.5, 0.6) is 0 Å². The quantitative estimate of drug-likeness (QED) is 0.824. The molecule has 1 fully saturated rings. The average Bonchev–Trinajstić information content (AvgIpc) is 2.84. The van der Waals surface area contributed by atoms with Crippen molar-refractivity contribution >= 4 is 17.8 Å². The van der Waals surface area contributed by atoms with Gasteiger partial charge in [0.15, 0.2) is 6.23 Å². The van der Waals surface area contributed by atoms with Gasteiger partial charge in [-0.25, -0.2) is 19.6 Å². The zero-order chi connectivity index (χ0) is 19.1. The Morgan fingerprint density at radius 2 is 1.85 bits per heavy atom. The molecule has 3 unspecified atom stereocenters. The molecule has 3 amide bonds. The molecule has 26 heavy (non-hydrogen) atoms. The molecule has 7 nitrogen and oxygen atoms in total. The molecule has 0 spiro atoms. The molecule has 1 aromatic rings. The molecule has 0 bridgehead atoms. The van der Waals surface area contributed by atoms with Crippen molar-refractivity contribution in [2.45, 2.75) is 58.0 Å². The Morgan fingerprint density at radius 1 is 1.19 bits per heavy atom. The second kappa shape index (κ2) is 6.64. The van der Waals surface area contributed by atoms with E-state index in [1.807, 2.05) is 19.1 Å². The Kier molecular flexibility index (Phi) is 4.66. The number of para-hydroxylation sites is 1. The van der Waals surface area contributed by atoms with Crippen LogP contribution in [0.2, 0.25) is 0 Å². The smallest absolute Gasteiger partial charge is 0.430 e. The lowest BCUT2D eigenvalue weighted by molar-refractivity contribution is -0.0588. The van der Waals surface area contributed by atoms with Crippen LogP contribution in [0.3, 0.4) is 0 Å². The van der Waals surface area contributed by atoms with Crippen LogP contribution in [0.4, 0.5) is 15.3 Å². The summed E-state index contributed by atoms with van der Waals surface area (Å²) in [6.45, 7) is 7.26. The zero-order valence-corrected chi connectivity index (χ0v) is 15.5. The Morgan fingerprint density at radius 3 is 2.42 bits per heavy atom. The molecule has 3 atom stereocenters. The summed E-state index contributed by atoms with van der Waals surface area (Å²) < 4.78 is 5.50. The normalized spacial score (nSPS) is 25.5. The number of hydrazine groups is 1. The molecular formula is C19H25N3O4. The molecular weight excluding hydrogens is 334 g/mol. The maximum Gasteiger partial charge on any atom is 0.430 e. The van der Waals surface area contributed by atoms with Crippen molar-refractivity contribution in [2.24, 2.45) is 0 Å². The van der Waals surface area contributed by atoms with E-state index in [0.29, 0.717) is 12.1 Å². The maximum atomic E-state index is 13.1. The third-order valence-corrected chi connectivity index (χ3v) is 4.36. The van der Waals surface area contributed by atoms with Crippen molar-refractivity contribution in [2.75, 3.05) is 4.90 Å². The number of rotatable bonds is 2. The van der Waals surface area contributed by atoms with Gasteiger partial charge in [-0.05, 0) is 39.3 Å². The lowest BCUT2D eigenvalue weighted by Crippen LogP contribution is -2.58. The second-order valence-electron chi connectivity index (χ2n) is 7.42. The van der Waals surface area contributed by atoms with Gasteiger partial charge < -0.3 is 9.84 Å². The van der Waals surface area contributed by atoms with Gasteiger partial charge in [0.25, 0.3) is 0 Å². The molecule has 7 heteroatoms. The van der Waals surface area contributed by atoms with Gasteiger partial charge in [0.2, 0.25) is 0 Å². The van der Waals surface area contributed by atoms with E-state index >= 15 is 0 Å². The molecule has 0 aromatic heterocycles. The minimum atomic E-state index is -1.09. The fourth-order valence-electron chi connectivity index (χ4n) is 3.22. The number of carbonyl (C=O) groups excluding carboxylic acids is 2. The number of hydrogen-bond donors (Lipinski definition) is 1. The first-order valence-electron chi connectivity index (χ1n) is 8.80. The highest BCUT2D eigenvalue weighted by molar-refractivity contribution is 5.96. The van der Waals surface area contributed by atoms with Gasteiger partial charge in [-0.2, -0.15) is 0 Å². The second-order valence-corrected chi connectivity index (χ2v) is 7.42. The van der Waals surface area contributed by atoms with Crippen LogP contribution in [0, 0.1) is 0 Å². The van der Waals surface area contributed by atoms with Crippen LogP contribution in [-0.4, -0.2) is 51.2 Å². The fourth-order valence-corrected chi connectivity index (χ4v) is 3.22. The summed E-state index contributed by atoms with van der Waals surface area (Å²) in [7, 11) is 0. The van der Waals surface area contributed by atoms with E-state index in [1.165, 1.54) is 14.9 Å². The van der Waals surface area contributed by atoms with E-state index in [9.17, 15) is 14.7 Å². The van der Waals surface area contributed by atoms with Crippen LogP contribution < -0.4 is 4.90 Å². The largest absolute Gasteiger partial charge is 0.442 e. The molecule has 3 rings (SSSR count). The van der Waals surface area contributed by atoms with Crippen molar-refractivity contribution in [1.82, 2.24) is 10.0 Å². The highest BCUT2D eigenvalue weighted by Crippen LogP contribution is 2.34. The summed E-state index contributed by atoms with van der Waals surface area (Å²) in [6.07, 6.45) is 2.54. The van der Waals surface area contributed by atoms with E-state index in [1.54, 1.807) is 51.1 Å². The number of urea groups is 1. The first kappa shape index (κ1) is 18.3.